The Bertz CT molecular complexity index is 880. The SMILES string of the molecule is Cc1ccc2nc(-c3ccc(C(C)C)cc3)c(C(C)C#N)n2c1. The summed E-state index contributed by atoms with van der Waals surface area (Å²) in [5.41, 5.74) is 6.28. The second-order valence-corrected chi connectivity index (χ2v) is 6.41. The first-order valence-corrected chi connectivity index (χ1v) is 8.00. The van der Waals surface area contributed by atoms with Gasteiger partial charge in [-0.1, -0.05) is 44.2 Å². The van der Waals surface area contributed by atoms with Crippen LogP contribution in [-0.2, 0) is 0 Å². The van der Waals surface area contributed by atoms with Gasteiger partial charge in [0.05, 0.1) is 23.4 Å². The molecule has 0 saturated carbocycles. The predicted molar refractivity (Wildman–Crippen MR) is 93.5 cm³/mol. The number of nitriles is 1. The Labute approximate surface area is 137 Å². The van der Waals surface area contributed by atoms with Gasteiger partial charge in [-0.15, -0.1) is 0 Å². The highest BCUT2D eigenvalue weighted by molar-refractivity contribution is 5.68. The predicted octanol–water partition coefficient (Wildman–Crippen LogP) is 5.06. The minimum absolute atomic E-state index is 0.216. The van der Waals surface area contributed by atoms with Crippen molar-refractivity contribution in [2.45, 2.75) is 39.5 Å². The van der Waals surface area contributed by atoms with E-state index in [1.54, 1.807) is 0 Å². The zero-order valence-corrected chi connectivity index (χ0v) is 14.0. The van der Waals surface area contributed by atoms with E-state index >= 15 is 0 Å². The third kappa shape index (κ3) is 2.73. The van der Waals surface area contributed by atoms with Gasteiger partial charge in [0.25, 0.3) is 0 Å². The maximum absolute atomic E-state index is 9.43. The van der Waals surface area contributed by atoms with Gasteiger partial charge in [-0.05, 0) is 37.0 Å². The molecule has 0 radical (unpaired) electrons. The molecule has 0 fully saturated rings. The van der Waals surface area contributed by atoms with Gasteiger partial charge >= 0.3 is 0 Å². The van der Waals surface area contributed by atoms with E-state index in [1.165, 1.54) is 5.56 Å². The number of aryl methyl sites for hydroxylation is 1. The second-order valence-electron chi connectivity index (χ2n) is 6.41. The average molecular weight is 303 g/mol. The number of hydrogen-bond acceptors (Lipinski definition) is 2. The van der Waals surface area contributed by atoms with Crippen molar-refractivity contribution in [1.29, 1.82) is 5.26 Å². The van der Waals surface area contributed by atoms with Crippen molar-refractivity contribution in [1.82, 2.24) is 9.38 Å². The summed E-state index contributed by atoms with van der Waals surface area (Å²) in [7, 11) is 0. The largest absolute Gasteiger partial charge is 0.302 e. The third-order valence-electron chi connectivity index (χ3n) is 4.26. The van der Waals surface area contributed by atoms with Gasteiger partial charge in [0.15, 0.2) is 0 Å². The normalized spacial score (nSPS) is 12.5. The molecular formula is C20H21N3. The van der Waals surface area contributed by atoms with Crippen molar-refractivity contribution in [3.8, 4) is 17.3 Å². The van der Waals surface area contributed by atoms with Crippen LogP contribution in [0.1, 0.15) is 49.4 Å². The maximum atomic E-state index is 9.43. The van der Waals surface area contributed by atoms with Gasteiger partial charge in [0.1, 0.15) is 5.65 Å². The van der Waals surface area contributed by atoms with Gasteiger partial charge in [-0.3, -0.25) is 0 Å². The number of imidazole rings is 1. The van der Waals surface area contributed by atoms with Crippen LogP contribution in [0, 0.1) is 18.3 Å². The van der Waals surface area contributed by atoms with Crippen molar-refractivity contribution >= 4 is 5.65 Å². The topological polar surface area (TPSA) is 41.1 Å². The van der Waals surface area contributed by atoms with Crippen LogP contribution >= 0.6 is 0 Å². The molecular weight excluding hydrogens is 282 g/mol. The fourth-order valence-electron chi connectivity index (χ4n) is 2.88. The van der Waals surface area contributed by atoms with Crippen LogP contribution in [0.4, 0.5) is 0 Å². The van der Waals surface area contributed by atoms with Crippen molar-refractivity contribution in [3.05, 3.63) is 59.4 Å². The summed E-state index contributed by atoms with van der Waals surface area (Å²) in [6, 6.07) is 14.9. The van der Waals surface area contributed by atoms with E-state index in [1.807, 2.05) is 13.0 Å². The molecule has 0 aliphatic rings. The summed E-state index contributed by atoms with van der Waals surface area (Å²) in [6.07, 6.45) is 2.05. The standard InChI is InChI=1S/C20H21N3/c1-13(2)16-6-8-17(9-7-16)19-20(15(4)11-21)23-12-14(3)5-10-18(23)22-19/h5-10,12-13,15H,1-4H3. The molecule has 1 aromatic carbocycles. The van der Waals surface area contributed by atoms with E-state index in [2.05, 4.69) is 67.8 Å². The molecule has 23 heavy (non-hydrogen) atoms. The lowest BCUT2D eigenvalue weighted by Gasteiger charge is -2.09. The molecule has 2 aromatic heterocycles. The van der Waals surface area contributed by atoms with Gasteiger partial charge in [-0.2, -0.15) is 5.26 Å². The molecule has 0 N–H and O–H groups in total. The molecule has 0 aliphatic heterocycles. The second kappa shape index (κ2) is 5.89. The van der Waals surface area contributed by atoms with Gasteiger partial charge < -0.3 is 4.40 Å². The molecule has 3 nitrogen and oxygen atoms in total. The molecule has 2 heterocycles. The first-order valence-electron chi connectivity index (χ1n) is 8.00. The molecule has 3 aromatic rings. The smallest absolute Gasteiger partial charge is 0.137 e. The summed E-state index contributed by atoms with van der Waals surface area (Å²) in [4.78, 5) is 4.78. The Morgan fingerprint density at radius 2 is 1.74 bits per heavy atom. The van der Waals surface area contributed by atoms with Crippen LogP contribution < -0.4 is 0 Å². The number of benzene rings is 1. The number of hydrogen-bond donors (Lipinski definition) is 0. The Morgan fingerprint density at radius 1 is 1.04 bits per heavy atom. The number of nitrogens with zero attached hydrogens (tertiary/aromatic N) is 3. The molecule has 0 amide bonds. The molecule has 1 atom stereocenters. The van der Waals surface area contributed by atoms with Crippen LogP contribution in [0.5, 0.6) is 0 Å². The van der Waals surface area contributed by atoms with Crippen molar-refractivity contribution < 1.29 is 0 Å². The van der Waals surface area contributed by atoms with Crippen molar-refractivity contribution in [3.63, 3.8) is 0 Å². The molecule has 0 aliphatic carbocycles. The minimum Gasteiger partial charge on any atom is -0.302 e. The van der Waals surface area contributed by atoms with Crippen LogP contribution in [0.15, 0.2) is 42.6 Å². The highest BCUT2D eigenvalue weighted by atomic mass is 15.0. The first-order chi connectivity index (χ1) is 11.0. The Hall–Kier alpha value is -2.60. The van der Waals surface area contributed by atoms with E-state index in [0.717, 1.165) is 28.2 Å². The molecule has 0 spiro atoms. The Kier molecular flexibility index (Phi) is 3.92. The number of aromatic nitrogens is 2. The van der Waals surface area contributed by atoms with Crippen molar-refractivity contribution in [2.75, 3.05) is 0 Å². The maximum Gasteiger partial charge on any atom is 0.137 e. The molecule has 3 rings (SSSR count). The summed E-state index contributed by atoms with van der Waals surface area (Å²) in [6.45, 7) is 8.35. The first kappa shape index (κ1) is 15.3. The Morgan fingerprint density at radius 3 is 2.35 bits per heavy atom. The summed E-state index contributed by atoms with van der Waals surface area (Å²) in [5.74, 6) is 0.289. The number of fused-ring (bicyclic) bond motifs is 1. The summed E-state index contributed by atoms with van der Waals surface area (Å²) in [5, 5.41) is 9.43. The number of pyridine rings is 1. The lowest BCUT2D eigenvalue weighted by atomic mass is 9.98. The Balaban J connectivity index is 2.22. The lowest BCUT2D eigenvalue weighted by Crippen LogP contribution is -1.99. The fourth-order valence-corrected chi connectivity index (χ4v) is 2.88. The van der Waals surface area contributed by atoms with Crippen LogP contribution in [-0.4, -0.2) is 9.38 Å². The highest BCUT2D eigenvalue weighted by Crippen LogP contribution is 2.31. The summed E-state index contributed by atoms with van der Waals surface area (Å²) >= 11 is 0. The highest BCUT2D eigenvalue weighted by Gasteiger charge is 2.19. The van der Waals surface area contributed by atoms with Gasteiger partial charge in [-0.25, -0.2) is 4.98 Å². The van der Waals surface area contributed by atoms with Crippen molar-refractivity contribution in [2.24, 2.45) is 0 Å². The quantitative estimate of drug-likeness (QED) is 0.678. The monoisotopic (exact) mass is 303 g/mol. The molecule has 116 valence electrons. The van der Waals surface area contributed by atoms with Gasteiger partial charge in [0.2, 0.25) is 0 Å². The molecule has 3 heteroatoms. The average Bonchev–Trinajstić information content (AvgIpc) is 2.92. The molecule has 0 saturated heterocycles. The zero-order chi connectivity index (χ0) is 16.6. The fraction of sp³-hybridized carbons (Fsp3) is 0.300. The molecule has 0 bridgehead atoms. The third-order valence-corrected chi connectivity index (χ3v) is 4.26. The number of rotatable bonds is 3. The van der Waals surface area contributed by atoms with Crippen LogP contribution in [0.3, 0.4) is 0 Å². The van der Waals surface area contributed by atoms with E-state index in [4.69, 9.17) is 4.98 Å². The van der Waals surface area contributed by atoms with E-state index in [0.29, 0.717) is 5.92 Å². The van der Waals surface area contributed by atoms with Gasteiger partial charge in [0, 0.05) is 11.8 Å². The lowest BCUT2D eigenvalue weighted by molar-refractivity contribution is 0.866. The summed E-state index contributed by atoms with van der Waals surface area (Å²) < 4.78 is 2.05. The molecule has 1 unspecified atom stereocenters. The van der Waals surface area contributed by atoms with Crippen LogP contribution in [0.2, 0.25) is 0 Å². The van der Waals surface area contributed by atoms with E-state index in [-0.39, 0.29) is 5.92 Å². The minimum atomic E-state index is -0.216. The van der Waals surface area contributed by atoms with E-state index in [9.17, 15) is 5.26 Å². The zero-order valence-electron chi connectivity index (χ0n) is 14.0. The van der Waals surface area contributed by atoms with E-state index < -0.39 is 0 Å². The van der Waals surface area contributed by atoms with Crippen LogP contribution in [0.25, 0.3) is 16.9 Å².